The molecule has 0 spiro atoms. The maximum Gasteiger partial charge on any atom is 0.240 e. The number of aromatic nitrogens is 2. The maximum atomic E-state index is 11.8. The second-order valence-electron chi connectivity index (χ2n) is 5.05. The Balaban J connectivity index is 1.90. The molecule has 0 N–H and O–H groups in total. The average Bonchev–Trinajstić information content (AvgIpc) is 2.86. The second-order valence-corrected chi connectivity index (χ2v) is 5.71. The lowest BCUT2D eigenvalue weighted by molar-refractivity contribution is -0.129. The van der Waals surface area contributed by atoms with E-state index < -0.39 is 5.38 Å². The van der Waals surface area contributed by atoms with Crippen LogP contribution in [0.5, 0.6) is 5.88 Å². The van der Waals surface area contributed by atoms with Crippen molar-refractivity contribution >= 4 is 23.3 Å². The molecule has 1 amide bonds. The van der Waals surface area contributed by atoms with Crippen LogP contribution < -0.4 is 9.64 Å². The summed E-state index contributed by atoms with van der Waals surface area (Å²) in [5.74, 6) is 1.21. The fraction of sp³-hybridized carbons (Fsp3) is 0.615. The molecule has 6 nitrogen and oxygen atoms in total. The zero-order chi connectivity index (χ0) is 14.7. The number of likely N-dealkylation sites (tertiary alicyclic amines) is 1. The quantitative estimate of drug-likeness (QED) is 0.781. The van der Waals surface area contributed by atoms with E-state index in [4.69, 9.17) is 16.3 Å². The number of anilines is 1. The Morgan fingerprint density at radius 1 is 1.50 bits per heavy atom. The van der Waals surface area contributed by atoms with Gasteiger partial charge < -0.3 is 14.5 Å². The smallest absolute Gasteiger partial charge is 0.240 e. The van der Waals surface area contributed by atoms with Crippen molar-refractivity contribution < 1.29 is 9.53 Å². The first kappa shape index (κ1) is 14.8. The third kappa shape index (κ3) is 3.50. The molecular formula is C13H19ClN4O2. The summed E-state index contributed by atoms with van der Waals surface area (Å²) >= 11 is 5.80. The molecule has 2 atom stereocenters. The van der Waals surface area contributed by atoms with Gasteiger partial charge in [-0.3, -0.25) is 4.79 Å². The first-order valence-electron chi connectivity index (χ1n) is 6.58. The van der Waals surface area contributed by atoms with E-state index in [1.807, 2.05) is 25.1 Å². The molecule has 0 bridgehead atoms. The third-order valence-corrected chi connectivity index (χ3v) is 3.36. The van der Waals surface area contributed by atoms with Crippen molar-refractivity contribution in [1.29, 1.82) is 0 Å². The van der Waals surface area contributed by atoms with Crippen LogP contribution >= 0.6 is 11.6 Å². The van der Waals surface area contributed by atoms with Crippen molar-refractivity contribution in [2.24, 2.45) is 0 Å². The molecule has 1 aromatic rings. The van der Waals surface area contributed by atoms with Gasteiger partial charge in [0.15, 0.2) is 5.82 Å². The average molecular weight is 299 g/mol. The molecule has 7 heteroatoms. The SMILES string of the molecule is CC(Cl)C(=O)N1CCC(Oc2ccc(N(C)C)nn2)C1. The lowest BCUT2D eigenvalue weighted by Crippen LogP contribution is -2.35. The number of carbonyl (C=O) groups is 1. The number of halogens is 1. The van der Waals surface area contributed by atoms with Gasteiger partial charge in [-0.25, -0.2) is 0 Å². The van der Waals surface area contributed by atoms with Crippen molar-refractivity contribution in [2.75, 3.05) is 32.1 Å². The molecule has 1 fully saturated rings. The van der Waals surface area contributed by atoms with E-state index in [-0.39, 0.29) is 12.0 Å². The molecule has 2 rings (SSSR count). The molecule has 0 radical (unpaired) electrons. The zero-order valence-electron chi connectivity index (χ0n) is 11.9. The summed E-state index contributed by atoms with van der Waals surface area (Å²) < 4.78 is 5.74. The summed E-state index contributed by atoms with van der Waals surface area (Å²) in [6, 6.07) is 3.64. The highest BCUT2D eigenvalue weighted by Gasteiger charge is 2.29. The molecule has 1 aliphatic heterocycles. The molecule has 2 unspecified atom stereocenters. The Bertz CT molecular complexity index is 464. The molecule has 0 saturated carbocycles. The van der Waals surface area contributed by atoms with Gasteiger partial charge in [0.05, 0.1) is 6.54 Å². The minimum absolute atomic E-state index is 0.0473. The predicted octanol–water partition coefficient (Wildman–Crippen LogP) is 1.15. The van der Waals surface area contributed by atoms with E-state index >= 15 is 0 Å². The maximum absolute atomic E-state index is 11.8. The Labute approximate surface area is 123 Å². The van der Waals surface area contributed by atoms with Crippen LogP contribution in [0.25, 0.3) is 0 Å². The van der Waals surface area contributed by atoms with E-state index in [1.165, 1.54) is 0 Å². The lowest BCUT2D eigenvalue weighted by atomic mass is 10.3. The van der Waals surface area contributed by atoms with Crippen LogP contribution in [-0.4, -0.2) is 59.7 Å². The molecule has 0 aliphatic carbocycles. The van der Waals surface area contributed by atoms with Crippen molar-refractivity contribution in [3.63, 3.8) is 0 Å². The van der Waals surface area contributed by atoms with Crippen LogP contribution in [0.2, 0.25) is 0 Å². The van der Waals surface area contributed by atoms with Crippen molar-refractivity contribution in [3.8, 4) is 5.88 Å². The van der Waals surface area contributed by atoms with Gasteiger partial charge in [-0.05, 0) is 13.0 Å². The van der Waals surface area contributed by atoms with Crippen LogP contribution in [0.3, 0.4) is 0 Å². The minimum Gasteiger partial charge on any atom is -0.471 e. The summed E-state index contributed by atoms with van der Waals surface area (Å²) in [5, 5.41) is 7.58. The van der Waals surface area contributed by atoms with Crippen molar-refractivity contribution in [3.05, 3.63) is 12.1 Å². The standard InChI is InChI=1S/C13H19ClN4O2/c1-9(14)13(19)18-7-6-10(8-18)20-12-5-4-11(15-16-12)17(2)3/h4-5,9-10H,6-8H2,1-3H3. The predicted molar refractivity (Wildman–Crippen MR) is 77.3 cm³/mol. The molecule has 110 valence electrons. The van der Waals surface area contributed by atoms with Gasteiger partial charge in [-0.15, -0.1) is 21.8 Å². The summed E-state index contributed by atoms with van der Waals surface area (Å²) in [6.07, 6.45) is 0.737. The highest BCUT2D eigenvalue weighted by atomic mass is 35.5. The van der Waals surface area contributed by atoms with Crippen LogP contribution in [0.15, 0.2) is 12.1 Å². The van der Waals surface area contributed by atoms with Gasteiger partial charge in [0.25, 0.3) is 0 Å². The van der Waals surface area contributed by atoms with Gasteiger partial charge in [-0.1, -0.05) is 0 Å². The number of alkyl halides is 1. The minimum atomic E-state index is -0.493. The monoisotopic (exact) mass is 298 g/mol. The molecule has 1 saturated heterocycles. The number of hydrogen-bond donors (Lipinski definition) is 0. The normalized spacial score (nSPS) is 19.8. The van der Waals surface area contributed by atoms with Crippen LogP contribution in [-0.2, 0) is 4.79 Å². The number of amides is 1. The van der Waals surface area contributed by atoms with Gasteiger partial charge in [0.1, 0.15) is 11.5 Å². The highest BCUT2D eigenvalue weighted by Crippen LogP contribution is 2.18. The van der Waals surface area contributed by atoms with Crippen LogP contribution in [0, 0.1) is 0 Å². The van der Waals surface area contributed by atoms with Gasteiger partial charge in [0.2, 0.25) is 11.8 Å². The lowest BCUT2D eigenvalue weighted by Gasteiger charge is -2.18. The molecule has 1 aromatic heterocycles. The van der Waals surface area contributed by atoms with Gasteiger partial charge in [-0.2, -0.15) is 0 Å². The van der Waals surface area contributed by atoms with E-state index in [2.05, 4.69) is 10.2 Å². The number of hydrogen-bond acceptors (Lipinski definition) is 5. The molecular weight excluding hydrogens is 280 g/mol. The van der Waals surface area contributed by atoms with Gasteiger partial charge in [0, 0.05) is 33.1 Å². The molecule has 2 heterocycles. The summed E-state index contributed by atoms with van der Waals surface area (Å²) in [5.41, 5.74) is 0. The second kappa shape index (κ2) is 6.26. The number of rotatable bonds is 4. The fourth-order valence-corrected chi connectivity index (χ4v) is 2.20. The first-order chi connectivity index (χ1) is 9.47. The van der Waals surface area contributed by atoms with E-state index in [0.717, 1.165) is 12.2 Å². The Kier molecular flexibility index (Phi) is 4.65. The molecule has 20 heavy (non-hydrogen) atoms. The van der Waals surface area contributed by atoms with Crippen molar-refractivity contribution in [1.82, 2.24) is 15.1 Å². The van der Waals surface area contributed by atoms with Crippen LogP contribution in [0.4, 0.5) is 5.82 Å². The van der Waals surface area contributed by atoms with Crippen molar-refractivity contribution in [2.45, 2.75) is 24.8 Å². The zero-order valence-corrected chi connectivity index (χ0v) is 12.7. The first-order valence-corrected chi connectivity index (χ1v) is 7.01. The summed E-state index contributed by atoms with van der Waals surface area (Å²) in [4.78, 5) is 15.4. The fourth-order valence-electron chi connectivity index (χ4n) is 2.06. The summed E-state index contributed by atoms with van der Waals surface area (Å²) in [6.45, 7) is 2.90. The largest absolute Gasteiger partial charge is 0.471 e. The van der Waals surface area contributed by atoms with Crippen LogP contribution in [0.1, 0.15) is 13.3 Å². The Morgan fingerprint density at radius 3 is 2.80 bits per heavy atom. The number of carbonyl (C=O) groups excluding carboxylic acids is 1. The van der Waals surface area contributed by atoms with E-state index in [0.29, 0.717) is 19.0 Å². The number of ether oxygens (including phenoxy) is 1. The Hall–Kier alpha value is -1.56. The van der Waals surface area contributed by atoms with Gasteiger partial charge >= 0.3 is 0 Å². The summed E-state index contributed by atoms with van der Waals surface area (Å²) in [7, 11) is 3.80. The van der Waals surface area contributed by atoms with E-state index in [9.17, 15) is 4.79 Å². The topological polar surface area (TPSA) is 58.6 Å². The number of nitrogens with zero attached hydrogens (tertiary/aromatic N) is 4. The molecule has 0 aromatic carbocycles. The van der Waals surface area contributed by atoms with E-state index in [1.54, 1.807) is 17.9 Å². The third-order valence-electron chi connectivity index (χ3n) is 3.17. The Morgan fingerprint density at radius 2 is 2.25 bits per heavy atom. The highest BCUT2D eigenvalue weighted by molar-refractivity contribution is 6.30. The molecule has 1 aliphatic rings.